The molecule has 2 atom stereocenters. The topological polar surface area (TPSA) is 81.7 Å². The van der Waals surface area contributed by atoms with Crippen LogP contribution in [0.3, 0.4) is 0 Å². The summed E-state index contributed by atoms with van der Waals surface area (Å²) in [6, 6.07) is 18.2. The number of nitrogens with one attached hydrogen (secondary N) is 1. The summed E-state index contributed by atoms with van der Waals surface area (Å²) in [5.41, 5.74) is 6.53. The second kappa shape index (κ2) is 10.1. The molecule has 8 heteroatoms. The molecule has 0 saturated carbocycles. The van der Waals surface area contributed by atoms with Crippen molar-refractivity contribution in [3.63, 3.8) is 0 Å². The number of hydrogen-bond donors (Lipinski definition) is 2. The number of methoxy groups -OCH3 is 2. The van der Waals surface area contributed by atoms with Crippen molar-refractivity contribution in [3.05, 3.63) is 88.0 Å². The minimum atomic E-state index is -0.0341. The second-order valence-electron chi connectivity index (χ2n) is 11.8. The summed E-state index contributed by atoms with van der Waals surface area (Å²) in [7, 11) is 5.46. The highest BCUT2D eigenvalue weighted by molar-refractivity contribution is 5.71. The van der Waals surface area contributed by atoms with Crippen LogP contribution in [0.2, 0.25) is 0 Å². The van der Waals surface area contributed by atoms with Crippen LogP contribution in [0.5, 0.6) is 51.7 Å². The summed E-state index contributed by atoms with van der Waals surface area (Å²) < 4.78 is 31.5. The van der Waals surface area contributed by atoms with Gasteiger partial charge in [-0.15, -0.1) is 0 Å². The zero-order valence-electron chi connectivity index (χ0n) is 24.5. The van der Waals surface area contributed by atoms with Crippen molar-refractivity contribution >= 4 is 0 Å². The largest absolute Gasteiger partial charge is 0.504 e. The van der Waals surface area contributed by atoms with Crippen molar-refractivity contribution in [3.8, 4) is 51.7 Å². The highest BCUT2D eigenvalue weighted by Crippen LogP contribution is 2.60. The van der Waals surface area contributed by atoms with Gasteiger partial charge in [-0.3, -0.25) is 4.90 Å². The maximum absolute atomic E-state index is 11.3. The third kappa shape index (κ3) is 4.27. The maximum atomic E-state index is 11.3. The van der Waals surface area contributed by atoms with E-state index in [2.05, 4.69) is 47.6 Å². The first-order chi connectivity index (χ1) is 21.0. The van der Waals surface area contributed by atoms with Crippen LogP contribution in [-0.2, 0) is 25.7 Å². The van der Waals surface area contributed by atoms with Crippen LogP contribution in [0.1, 0.15) is 45.5 Å². The molecule has 4 aromatic carbocycles. The summed E-state index contributed by atoms with van der Waals surface area (Å²) in [6.07, 6.45) is 3.06. The zero-order chi connectivity index (χ0) is 29.2. The summed E-state index contributed by atoms with van der Waals surface area (Å²) in [5, 5.41) is 15.0. The number of phenols is 1. The van der Waals surface area contributed by atoms with Crippen molar-refractivity contribution in [2.45, 2.75) is 37.8 Å². The smallest absolute Gasteiger partial charge is 0.212 e. The molecule has 0 saturated heterocycles. The summed E-state index contributed by atoms with van der Waals surface area (Å²) >= 11 is 0. The van der Waals surface area contributed by atoms with Crippen molar-refractivity contribution in [2.24, 2.45) is 0 Å². The van der Waals surface area contributed by atoms with E-state index in [0.29, 0.717) is 46.7 Å². The minimum Gasteiger partial charge on any atom is -0.504 e. The van der Waals surface area contributed by atoms with Crippen molar-refractivity contribution in [2.75, 3.05) is 34.4 Å². The molecule has 2 N–H and O–H groups in total. The predicted molar refractivity (Wildman–Crippen MR) is 162 cm³/mol. The summed E-state index contributed by atoms with van der Waals surface area (Å²) in [6.45, 7) is 1.69. The monoisotopic (exact) mass is 578 g/mol. The van der Waals surface area contributed by atoms with Gasteiger partial charge in [0.25, 0.3) is 0 Å². The Kier molecular flexibility index (Phi) is 6.17. The lowest BCUT2D eigenvalue weighted by Gasteiger charge is -2.39. The van der Waals surface area contributed by atoms with Crippen LogP contribution in [0.15, 0.2) is 54.6 Å². The molecule has 0 spiro atoms. The van der Waals surface area contributed by atoms with E-state index in [-0.39, 0.29) is 17.8 Å². The molecule has 43 heavy (non-hydrogen) atoms. The van der Waals surface area contributed by atoms with Crippen LogP contribution in [0, 0.1) is 0 Å². The molecule has 220 valence electrons. The van der Waals surface area contributed by atoms with Gasteiger partial charge in [0.2, 0.25) is 11.5 Å². The lowest BCUT2D eigenvalue weighted by molar-refractivity contribution is 0.218. The number of ether oxygens (including phenoxy) is 5. The van der Waals surface area contributed by atoms with E-state index in [1.807, 2.05) is 24.3 Å². The normalized spacial score (nSPS) is 19.9. The van der Waals surface area contributed by atoms with Crippen LogP contribution < -0.4 is 29.0 Å². The van der Waals surface area contributed by atoms with Gasteiger partial charge in [0.05, 0.1) is 14.2 Å². The molecule has 10 bridgehead atoms. The van der Waals surface area contributed by atoms with Crippen molar-refractivity contribution in [1.29, 1.82) is 0 Å². The van der Waals surface area contributed by atoms with E-state index in [9.17, 15) is 5.11 Å². The van der Waals surface area contributed by atoms with Gasteiger partial charge in [-0.25, -0.2) is 0 Å². The van der Waals surface area contributed by atoms with Gasteiger partial charge in [0.1, 0.15) is 5.75 Å². The first kappa shape index (κ1) is 26.2. The fourth-order valence-electron chi connectivity index (χ4n) is 7.08. The first-order valence-corrected chi connectivity index (χ1v) is 14.9. The van der Waals surface area contributed by atoms with Gasteiger partial charge in [-0.1, -0.05) is 18.2 Å². The Balaban J connectivity index is 1.37. The van der Waals surface area contributed by atoms with E-state index in [1.54, 1.807) is 14.2 Å². The minimum absolute atomic E-state index is 0.0119. The van der Waals surface area contributed by atoms with E-state index < -0.39 is 0 Å². The fraction of sp³-hybridized carbons (Fsp3) is 0.314. The molecule has 6 aliphatic rings. The Morgan fingerprint density at radius 3 is 2.33 bits per heavy atom. The van der Waals surface area contributed by atoms with Crippen LogP contribution in [0.4, 0.5) is 0 Å². The molecule has 0 amide bonds. The average Bonchev–Trinajstić information content (AvgIpc) is 3.02. The molecule has 0 radical (unpaired) electrons. The van der Waals surface area contributed by atoms with Gasteiger partial charge >= 0.3 is 0 Å². The van der Waals surface area contributed by atoms with Gasteiger partial charge in [-0.2, -0.15) is 0 Å². The summed E-state index contributed by atoms with van der Waals surface area (Å²) in [4.78, 5) is 2.35. The Morgan fingerprint density at radius 1 is 0.767 bits per heavy atom. The van der Waals surface area contributed by atoms with Crippen LogP contribution in [-0.4, -0.2) is 44.4 Å². The van der Waals surface area contributed by atoms with Crippen molar-refractivity contribution < 1.29 is 28.8 Å². The number of fused-ring (bicyclic) bond motifs is 1. The highest BCUT2D eigenvalue weighted by Gasteiger charge is 2.39. The SMILES string of the molecule is COc1ccc2cc1Oc1ccc(cc1)CC1NCCc3cc(O)c4c(c31)Oc1c(OC)cc3c(c1O4)C(C2)N(C)CC3. The fourth-order valence-corrected chi connectivity index (χ4v) is 7.08. The number of hydrogen-bond acceptors (Lipinski definition) is 8. The molecule has 6 aliphatic heterocycles. The third-order valence-electron chi connectivity index (χ3n) is 9.28. The molecule has 4 aromatic rings. The first-order valence-electron chi connectivity index (χ1n) is 14.9. The lowest BCUT2D eigenvalue weighted by Crippen LogP contribution is -2.34. The number of likely N-dealkylation sites (N-methyl/N-ethyl adjacent to an activating group) is 1. The Labute approximate surface area is 250 Å². The average molecular weight is 579 g/mol. The van der Waals surface area contributed by atoms with E-state index in [4.69, 9.17) is 23.7 Å². The molecule has 2 unspecified atom stereocenters. The Morgan fingerprint density at radius 2 is 1.51 bits per heavy atom. The molecule has 0 aliphatic carbocycles. The molecule has 10 rings (SSSR count). The van der Waals surface area contributed by atoms with E-state index in [1.165, 1.54) is 0 Å². The lowest BCUT2D eigenvalue weighted by atomic mass is 9.86. The quantitative estimate of drug-likeness (QED) is 0.242. The molecule has 0 fully saturated rings. The number of aromatic hydroxyl groups is 1. The Bertz CT molecular complexity index is 1750. The molecular formula is C35H34N2O6. The van der Waals surface area contributed by atoms with Crippen molar-refractivity contribution in [1.82, 2.24) is 10.2 Å². The van der Waals surface area contributed by atoms with E-state index >= 15 is 0 Å². The maximum Gasteiger partial charge on any atom is 0.212 e. The zero-order valence-corrected chi connectivity index (χ0v) is 24.5. The van der Waals surface area contributed by atoms with Gasteiger partial charge < -0.3 is 34.1 Å². The Hall–Kier alpha value is -4.40. The summed E-state index contributed by atoms with van der Waals surface area (Å²) in [5.74, 6) is 4.90. The molecular weight excluding hydrogens is 544 g/mol. The van der Waals surface area contributed by atoms with Gasteiger partial charge in [0, 0.05) is 29.8 Å². The number of phenolic OH excluding ortho intramolecular Hbond substituents is 1. The van der Waals surface area contributed by atoms with Crippen LogP contribution >= 0.6 is 0 Å². The molecule has 0 aromatic heterocycles. The molecule has 8 nitrogen and oxygen atoms in total. The van der Waals surface area contributed by atoms with Crippen LogP contribution in [0.25, 0.3) is 0 Å². The number of nitrogens with zero attached hydrogens (tertiary/aromatic N) is 1. The number of rotatable bonds is 2. The van der Waals surface area contributed by atoms with Gasteiger partial charge in [-0.05, 0) is 97.9 Å². The number of benzene rings is 4. The standard InChI is InChI=1S/C35H34N2O6/c1-37-13-11-22-18-29(40-3)33-35-31(22)25(37)15-20-6-9-27(39-2)28(16-20)41-23-7-4-19(5-8-23)14-24-30-21(10-12-36-24)17-26(38)32(42-35)34(30)43-33/h4-9,16-18,24-25,36,38H,10-15H2,1-3H3. The predicted octanol–water partition coefficient (Wildman–Crippen LogP) is 6.61. The highest BCUT2D eigenvalue weighted by atomic mass is 16.6. The third-order valence-corrected chi connectivity index (χ3v) is 9.28. The second-order valence-corrected chi connectivity index (χ2v) is 11.8. The molecule has 6 heterocycles. The van der Waals surface area contributed by atoms with E-state index in [0.717, 1.165) is 71.5 Å². The van der Waals surface area contributed by atoms with Gasteiger partial charge in [0.15, 0.2) is 34.5 Å².